The number of hydrogen-bond donors (Lipinski definition) is 0. The highest BCUT2D eigenvalue weighted by Gasteiger charge is 2.26. The summed E-state index contributed by atoms with van der Waals surface area (Å²) in [5.41, 5.74) is 13.2. The molecule has 3 aromatic heterocycles. The van der Waals surface area contributed by atoms with Crippen molar-refractivity contribution in [2.75, 3.05) is 0 Å². The van der Waals surface area contributed by atoms with Crippen LogP contribution in [0.15, 0.2) is 291 Å². The smallest absolute Gasteiger partial charge is 0.238 e. The van der Waals surface area contributed by atoms with Gasteiger partial charge in [0.25, 0.3) is 0 Å². The van der Waals surface area contributed by atoms with Crippen LogP contribution in [-0.4, -0.2) is 19.5 Å². The molecule has 0 fully saturated rings. The van der Waals surface area contributed by atoms with Crippen molar-refractivity contribution in [1.29, 1.82) is 0 Å². The molecule has 5 heteroatoms. The van der Waals surface area contributed by atoms with E-state index in [-0.39, 0.29) is 0 Å². The minimum absolute atomic E-state index is 0.573. The van der Waals surface area contributed by atoms with Gasteiger partial charge in [0, 0.05) is 37.4 Å². The van der Waals surface area contributed by atoms with E-state index < -0.39 is 0 Å². The van der Waals surface area contributed by atoms with Gasteiger partial charge in [-0.15, -0.1) is 11.3 Å². The van der Waals surface area contributed by atoms with Crippen molar-refractivity contribution in [3.8, 4) is 73.2 Å². The van der Waals surface area contributed by atoms with E-state index in [1.165, 1.54) is 101 Å². The molecule has 0 atom stereocenters. The molecular weight excluding hydrogens is 1060 g/mol. The van der Waals surface area contributed by atoms with E-state index in [1.54, 1.807) is 0 Å². The van der Waals surface area contributed by atoms with Crippen molar-refractivity contribution in [3.05, 3.63) is 291 Å². The van der Waals surface area contributed by atoms with Gasteiger partial charge in [0.15, 0.2) is 11.6 Å². The Hall–Kier alpha value is -11.1. The van der Waals surface area contributed by atoms with Gasteiger partial charge < -0.3 is 0 Å². The van der Waals surface area contributed by atoms with Gasteiger partial charge in [-0.1, -0.05) is 249 Å². The first-order valence-corrected chi connectivity index (χ1v) is 30.1. The maximum absolute atomic E-state index is 5.38. The van der Waals surface area contributed by atoms with Crippen LogP contribution in [0.2, 0.25) is 0 Å². The van der Waals surface area contributed by atoms with Gasteiger partial charge in [-0.2, -0.15) is 9.97 Å². The summed E-state index contributed by atoms with van der Waals surface area (Å²) in [5, 5.41) is 19.8. The molecule has 0 unspecified atom stereocenters. The van der Waals surface area contributed by atoms with Crippen LogP contribution in [0.4, 0.5) is 0 Å². The summed E-state index contributed by atoms with van der Waals surface area (Å²) in [6.07, 6.45) is 0. The number of fused-ring (bicyclic) bond motifs is 19. The van der Waals surface area contributed by atoms with Crippen molar-refractivity contribution >= 4 is 118 Å². The first-order chi connectivity index (χ1) is 42.6. The Morgan fingerprint density at radius 3 is 1.22 bits per heavy atom. The standard InChI is InChI=1S/C81H48N4S/c1-3-20-49(21-4-1)79-82-80(50-22-5-2-6-23-50)84-81(83-79)85-74-36-17-15-34-67(74)73-48-72(76-68-35-16-18-37-75(68)86-78(76)77(73)85)66-43-40-52(54-39-42-65-61-31-10-8-27-57(61)59-29-12-14-33-63(59)71(65)47-54)45-69(66)55-25-19-24-51(44-55)53-38-41-64-60-30-9-7-26-56(60)58-28-11-13-32-62(58)70(64)46-53/h1-48H. The molecule has 0 radical (unpaired) electrons. The Balaban J connectivity index is 0.903. The van der Waals surface area contributed by atoms with E-state index in [1.807, 2.05) is 47.7 Å². The summed E-state index contributed by atoms with van der Waals surface area (Å²) in [4.78, 5) is 15.9. The van der Waals surface area contributed by atoms with E-state index in [2.05, 4.69) is 259 Å². The van der Waals surface area contributed by atoms with Gasteiger partial charge in [-0.05, 0) is 152 Å². The fourth-order valence-electron chi connectivity index (χ4n) is 13.9. The minimum atomic E-state index is 0.573. The molecule has 3 heterocycles. The summed E-state index contributed by atoms with van der Waals surface area (Å²) >= 11 is 1.84. The minimum Gasteiger partial charge on any atom is -0.276 e. The molecule has 86 heavy (non-hydrogen) atoms. The Morgan fingerprint density at radius 2 is 0.663 bits per heavy atom. The summed E-state index contributed by atoms with van der Waals surface area (Å²) in [6, 6.07) is 107. The van der Waals surface area contributed by atoms with Crippen LogP contribution in [0.25, 0.3) is 180 Å². The normalized spacial score (nSPS) is 12.0. The molecule has 0 amide bonds. The molecule has 15 aromatic carbocycles. The Labute approximate surface area is 498 Å². The monoisotopic (exact) mass is 1110 g/mol. The number of rotatable bonds is 7. The second-order valence-corrected chi connectivity index (χ2v) is 23.6. The van der Waals surface area contributed by atoms with Crippen molar-refractivity contribution in [3.63, 3.8) is 0 Å². The molecule has 18 aromatic rings. The lowest BCUT2D eigenvalue weighted by Crippen LogP contribution is -2.06. The number of para-hydroxylation sites is 1. The maximum atomic E-state index is 5.38. The lowest BCUT2D eigenvalue weighted by atomic mass is 9.86. The highest BCUT2D eigenvalue weighted by Crippen LogP contribution is 2.50. The Kier molecular flexibility index (Phi) is 10.8. The molecule has 0 spiro atoms. The molecule has 0 saturated carbocycles. The largest absolute Gasteiger partial charge is 0.276 e. The zero-order valence-electron chi connectivity index (χ0n) is 46.4. The van der Waals surface area contributed by atoms with Crippen molar-refractivity contribution in [2.45, 2.75) is 0 Å². The van der Waals surface area contributed by atoms with Crippen LogP contribution in [-0.2, 0) is 0 Å². The molecule has 0 bridgehead atoms. The van der Waals surface area contributed by atoms with Crippen LogP contribution in [0.5, 0.6) is 0 Å². The summed E-state index contributed by atoms with van der Waals surface area (Å²) in [5.74, 6) is 1.81. The zero-order valence-corrected chi connectivity index (χ0v) is 47.2. The van der Waals surface area contributed by atoms with E-state index in [0.29, 0.717) is 17.6 Å². The van der Waals surface area contributed by atoms with Gasteiger partial charge >= 0.3 is 0 Å². The predicted octanol–water partition coefficient (Wildman–Crippen LogP) is 22.3. The third-order valence-corrected chi connectivity index (χ3v) is 19.0. The molecular formula is C81H48N4S. The molecule has 0 aliphatic heterocycles. The summed E-state index contributed by atoms with van der Waals surface area (Å²) < 4.78 is 4.68. The van der Waals surface area contributed by atoms with Gasteiger partial charge in [0.2, 0.25) is 5.95 Å². The lowest BCUT2D eigenvalue weighted by molar-refractivity contribution is 0.955. The lowest BCUT2D eigenvalue weighted by Gasteiger charge is -2.17. The summed E-state index contributed by atoms with van der Waals surface area (Å²) in [6.45, 7) is 0. The van der Waals surface area contributed by atoms with Crippen LogP contribution in [0.3, 0.4) is 0 Å². The first kappa shape index (κ1) is 48.4. The SMILES string of the molecule is c1ccc(-c2nc(-c3ccccc3)nc(-n3c4ccccc4c4cc(-c5ccc(-c6ccc7c8ccccc8c8ccccc8c7c6)cc5-c5cccc(-c6ccc7c8ccccc8c8ccccc8c7c6)c5)c5c6ccccc6sc5c43)n2)cc1. The Bertz CT molecular complexity index is 5710. The number of benzene rings is 15. The second-order valence-electron chi connectivity index (χ2n) is 22.5. The highest BCUT2D eigenvalue weighted by molar-refractivity contribution is 7.26. The molecule has 0 aliphatic rings. The van der Waals surface area contributed by atoms with Gasteiger partial charge in [-0.25, -0.2) is 4.98 Å². The quantitative estimate of drug-likeness (QED) is 0.149. The van der Waals surface area contributed by atoms with Crippen LogP contribution in [0.1, 0.15) is 0 Å². The Morgan fingerprint density at radius 1 is 0.244 bits per heavy atom. The van der Waals surface area contributed by atoms with Crippen LogP contribution in [0, 0.1) is 0 Å². The van der Waals surface area contributed by atoms with E-state index in [0.717, 1.165) is 60.8 Å². The second kappa shape index (κ2) is 19.2. The predicted molar refractivity (Wildman–Crippen MR) is 365 cm³/mol. The fourth-order valence-corrected chi connectivity index (χ4v) is 15.2. The number of hydrogen-bond acceptors (Lipinski definition) is 4. The topological polar surface area (TPSA) is 43.6 Å². The first-order valence-electron chi connectivity index (χ1n) is 29.3. The maximum Gasteiger partial charge on any atom is 0.238 e. The third kappa shape index (κ3) is 7.52. The van der Waals surface area contributed by atoms with E-state index in [4.69, 9.17) is 15.0 Å². The van der Waals surface area contributed by atoms with E-state index in [9.17, 15) is 0 Å². The number of nitrogens with zero attached hydrogens (tertiary/aromatic N) is 4. The van der Waals surface area contributed by atoms with Crippen LogP contribution >= 0.6 is 11.3 Å². The summed E-state index contributed by atoms with van der Waals surface area (Å²) in [7, 11) is 0. The fraction of sp³-hybridized carbons (Fsp3) is 0. The van der Waals surface area contributed by atoms with Gasteiger partial charge in [-0.3, -0.25) is 4.57 Å². The number of thiophene rings is 1. The molecule has 0 N–H and O–H groups in total. The van der Waals surface area contributed by atoms with Crippen LogP contribution < -0.4 is 0 Å². The van der Waals surface area contributed by atoms with Crippen molar-refractivity contribution < 1.29 is 0 Å². The third-order valence-electron chi connectivity index (χ3n) is 17.8. The zero-order chi connectivity index (χ0) is 56.4. The van der Waals surface area contributed by atoms with Crippen molar-refractivity contribution in [2.24, 2.45) is 0 Å². The average Bonchev–Trinajstić information content (AvgIpc) is 1.65. The van der Waals surface area contributed by atoms with E-state index >= 15 is 0 Å². The van der Waals surface area contributed by atoms with Gasteiger partial charge in [0.05, 0.1) is 15.7 Å². The molecule has 398 valence electrons. The molecule has 4 nitrogen and oxygen atoms in total. The van der Waals surface area contributed by atoms with Crippen molar-refractivity contribution in [1.82, 2.24) is 19.5 Å². The van der Waals surface area contributed by atoms with Gasteiger partial charge in [0.1, 0.15) is 0 Å². The molecule has 0 aliphatic carbocycles. The highest BCUT2D eigenvalue weighted by atomic mass is 32.1. The molecule has 0 saturated heterocycles. The molecule has 18 rings (SSSR count). The number of aromatic nitrogens is 4. The average molecular weight is 1110 g/mol.